The molecule has 6 nitrogen and oxygen atoms in total. The van der Waals surface area contributed by atoms with Crippen LogP contribution in [0.2, 0.25) is 0 Å². The molecule has 2 heterocycles. The van der Waals surface area contributed by atoms with Crippen LogP contribution in [0.15, 0.2) is 0 Å². The zero-order valence-electron chi connectivity index (χ0n) is 11.3. The summed E-state index contributed by atoms with van der Waals surface area (Å²) < 4.78 is 5.31. The third kappa shape index (κ3) is 3.37. The van der Waals surface area contributed by atoms with E-state index >= 15 is 0 Å². The van der Waals surface area contributed by atoms with Crippen molar-refractivity contribution in [3.05, 3.63) is 0 Å². The number of piperidine rings is 1. The number of hydrogen-bond donors (Lipinski definition) is 2. The van der Waals surface area contributed by atoms with Crippen molar-refractivity contribution in [2.24, 2.45) is 5.92 Å². The van der Waals surface area contributed by atoms with Crippen LogP contribution < -0.4 is 5.32 Å². The Morgan fingerprint density at radius 1 is 1.37 bits per heavy atom. The lowest BCUT2D eigenvalue weighted by Crippen LogP contribution is -2.54. The molecule has 3 unspecified atom stereocenters. The summed E-state index contributed by atoms with van der Waals surface area (Å²) in [6.07, 6.45) is 3.23. The fraction of sp³-hybridized carbons (Fsp3) is 0.846. The molecule has 0 aromatic heterocycles. The number of carbonyl (C=O) groups is 2. The van der Waals surface area contributed by atoms with Gasteiger partial charge in [0.15, 0.2) is 0 Å². The number of carbonyl (C=O) groups excluding carboxylic acids is 1. The van der Waals surface area contributed by atoms with Crippen LogP contribution in [0, 0.1) is 5.92 Å². The van der Waals surface area contributed by atoms with Gasteiger partial charge >= 0.3 is 12.0 Å². The smallest absolute Gasteiger partial charge is 0.326 e. The summed E-state index contributed by atoms with van der Waals surface area (Å²) in [5.74, 6) is -0.580. The Kier molecular flexibility index (Phi) is 4.63. The molecule has 3 atom stereocenters. The van der Waals surface area contributed by atoms with E-state index in [1.807, 2.05) is 6.92 Å². The highest BCUT2D eigenvalue weighted by Gasteiger charge is 2.33. The molecule has 0 aliphatic carbocycles. The maximum Gasteiger partial charge on any atom is 0.326 e. The maximum atomic E-state index is 12.2. The summed E-state index contributed by atoms with van der Waals surface area (Å²) in [6.45, 7) is 3.89. The van der Waals surface area contributed by atoms with Crippen LogP contribution in [0.5, 0.6) is 0 Å². The second-order valence-corrected chi connectivity index (χ2v) is 5.41. The van der Waals surface area contributed by atoms with Crippen molar-refractivity contribution in [2.45, 2.75) is 44.7 Å². The first kappa shape index (κ1) is 14.1. The Balaban J connectivity index is 1.91. The normalized spacial score (nSPS) is 29.0. The monoisotopic (exact) mass is 270 g/mol. The lowest BCUT2D eigenvalue weighted by Gasteiger charge is -2.34. The largest absolute Gasteiger partial charge is 0.480 e. The first-order valence-corrected chi connectivity index (χ1v) is 6.97. The highest BCUT2D eigenvalue weighted by Crippen LogP contribution is 2.19. The van der Waals surface area contributed by atoms with E-state index in [4.69, 9.17) is 9.84 Å². The molecule has 2 amide bonds. The molecule has 2 rings (SSSR count). The van der Waals surface area contributed by atoms with E-state index in [1.54, 1.807) is 0 Å². The van der Waals surface area contributed by atoms with Gasteiger partial charge < -0.3 is 20.1 Å². The van der Waals surface area contributed by atoms with Gasteiger partial charge in [-0.3, -0.25) is 0 Å². The van der Waals surface area contributed by atoms with Crippen molar-refractivity contribution in [1.82, 2.24) is 10.2 Å². The maximum absolute atomic E-state index is 12.2. The summed E-state index contributed by atoms with van der Waals surface area (Å²) in [7, 11) is 0. The Morgan fingerprint density at radius 2 is 2.16 bits per heavy atom. The summed E-state index contributed by atoms with van der Waals surface area (Å²) in [4.78, 5) is 24.8. The van der Waals surface area contributed by atoms with Crippen molar-refractivity contribution in [2.75, 3.05) is 19.8 Å². The standard InChI is InChI=1S/C13H22N2O4/c1-9(10-5-7-19-8-10)14-13(18)15-6-3-2-4-11(15)12(16)17/h9-11H,2-8H2,1H3,(H,14,18)(H,16,17). The molecule has 19 heavy (non-hydrogen) atoms. The number of hydrogen-bond acceptors (Lipinski definition) is 3. The van der Waals surface area contributed by atoms with E-state index in [2.05, 4.69) is 5.32 Å². The number of carboxylic acid groups (broad SMARTS) is 1. The van der Waals surface area contributed by atoms with Gasteiger partial charge in [0.25, 0.3) is 0 Å². The number of nitrogens with zero attached hydrogens (tertiary/aromatic N) is 1. The number of carboxylic acids is 1. The fourth-order valence-corrected chi connectivity index (χ4v) is 2.77. The summed E-state index contributed by atoms with van der Waals surface area (Å²) in [5, 5.41) is 12.1. The molecule has 0 radical (unpaired) electrons. The van der Waals surface area contributed by atoms with E-state index in [9.17, 15) is 9.59 Å². The number of nitrogens with one attached hydrogen (secondary N) is 1. The third-order valence-corrected chi connectivity index (χ3v) is 4.07. The van der Waals surface area contributed by atoms with E-state index < -0.39 is 12.0 Å². The lowest BCUT2D eigenvalue weighted by atomic mass is 10.0. The van der Waals surface area contributed by atoms with Gasteiger partial charge in [0.05, 0.1) is 6.61 Å². The molecule has 0 aromatic carbocycles. The molecule has 108 valence electrons. The minimum atomic E-state index is -0.910. The summed E-state index contributed by atoms with van der Waals surface area (Å²) in [6, 6.07) is -0.918. The quantitative estimate of drug-likeness (QED) is 0.803. The zero-order valence-corrected chi connectivity index (χ0v) is 11.3. The molecule has 2 aliphatic rings. The highest BCUT2D eigenvalue weighted by molar-refractivity contribution is 5.83. The van der Waals surface area contributed by atoms with Crippen molar-refractivity contribution < 1.29 is 19.4 Å². The van der Waals surface area contributed by atoms with Crippen LogP contribution in [-0.2, 0) is 9.53 Å². The minimum absolute atomic E-state index is 0.0198. The van der Waals surface area contributed by atoms with Crippen LogP contribution >= 0.6 is 0 Å². The topological polar surface area (TPSA) is 78.9 Å². The zero-order chi connectivity index (χ0) is 13.8. The molecule has 2 fully saturated rings. The predicted octanol–water partition coefficient (Wildman–Crippen LogP) is 1.06. The molecule has 2 saturated heterocycles. The van der Waals surface area contributed by atoms with Gasteiger partial charge in [-0.15, -0.1) is 0 Å². The van der Waals surface area contributed by atoms with Gasteiger partial charge in [0, 0.05) is 25.1 Å². The summed E-state index contributed by atoms with van der Waals surface area (Å²) in [5.41, 5.74) is 0. The molecule has 2 N–H and O–H groups in total. The van der Waals surface area contributed by atoms with E-state index in [-0.39, 0.29) is 12.1 Å². The molecule has 0 aromatic rings. The van der Waals surface area contributed by atoms with Crippen molar-refractivity contribution in [1.29, 1.82) is 0 Å². The van der Waals surface area contributed by atoms with Crippen molar-refractivity contribution in [3.63, 3.8) is 0 Å². The molecule has 2 aliphatic heterocycles. The van der Waals surface area contributed by atoms with Crippen molar-refractivity contribution in [3.8, 4) is 0 Å². The predicted molar refractivity (Wildman–Crippen MR) is 68.9 cm³/mol. The van der Waals surface area contributed by atoms with Gasteiger partial charge in [0.2, 0.25) is 0 Å². The molecule has 0 saturated carbocycles. The molecular formula is C13H22N2O4. The van der Waals surface area contributed by atoms with Crippen LogP contribution in [0.25, 0.3) is 0 Å². The van der Waals surface area contributed by atoms with Crippen LogP contribution in [0.3, 0.4) is 0 Å². The SMILES string of the molecule is CC(NC(=O)N1CCCCC1C(=O)O)C1CCOC1. The van der Waals surface area contributed by atoms with E-state index in [1.165, 1.54) is 4.90 Å². The summed E-state index contributed by atoms with van der Waals surface area (Å²) >= 11 is 0. The number of rotatable bonds is 3. The number of likely N-dealkylation sites (tertiary alicyclic amines) is 1. The molecule has 0 spiro atoms. The third-order valence-electron chi connectivity index (χ3n) is 4.07. The van der Waals surface area contributed by atoms with E-state index in [0.717, 1.165) is 25.9 Å². The van der Waals surface area contributed by atoms with Gasteiger partial charge in [0.1, 0.15) is 6.04 Å². The first-order chi connectivity index (χ1) is 9.09. The Morgan fingerprint density at radius 3 is 2.79 bits per heavy atom. The first-order valence-electron chi connectivity index (χ1n) is 6.97. The van der Waals surface area contributed by atoms with Gasteiger partial charge in [-0.1, -0.05) is 0 Å². The van der Waals surface area contributed by atoms with Crippen LogP contribution in [0.4, 0.5) is 4.79 Å². The molecular weight excluding hydrogens is 248 g/mol. The van der Waals surface area contributed by atoms with Crippen LogP contribution in [0.1, 0.15) is 32.6 Å². The second-order valence-electron chi connectivity index (χ2n) is 5.41. The Labute approximate surface area is 113 Å². The Bertz CT molecular complexity index is 342. The van der Waals surface area contributed by atoms with Gasteiger partial charge in [-0.25, -0.2) is 9.59 Å². The average Bonchev–Trinajstić information content (AvgIpc) is 2.92. The number of aliphatic carboxylic acids is 1. The number of urea groups is 1. The minimum Gasteiger partial charge on any atom is -0.480 e. The number of ether oxygens (including phenoxy) is 1. The van der Waals surface area contributed by atoms with Crippen LogP contribution in [-0.4, -0.2) is 53.8 Å². The second kappa shape index (κ2) is 6.23. The highest BCUT2D eigenvalue weighted by atomic mass is 16.5. The lowest BCUT2D eigenvalue weighted by molar-refractivity contribution is -0.143. The molecule has 6 heteroatoms. The average molecular weight is 270 g/mol. The van der Waals surface area contributed by atoms with E-state index in [0.29, 0.717) is 25.5 Å². The number of amides is 2. The molecule has 0 bridgehead atoms. The fourth-order valence-electron chi connectivity index (χ4n) is 2.77. The van der Waals surface area contributed by atoms with Gasteiger partial charge in [-0.2, -0.15) is 0 Å². The Hall–Kier alpha value is -1.30. The van der Waals surface area contributed by atoms with Gasteiger partial charge in [-0.05, 0) is 32.6 Å². The van der Waals surface area contributed by atoms with Crippen molar-refractivity contribution >= 4 is 12.0 Å².